The number of amides is 1. The number of nitrogens with one attached hydrogen (secondary N) is 1. The number of likely N-dealkylation sites (tertiary alicyclic amines) is 1. The van der Waals surface area contributed by atoms with Crippen LogP contribution >= 0.6 is 0 Å². The Hall–Kier alpha value is -1.58. The number of anilines is 1. The molecule has 104 valence electrons. The zero-order valence-corrected chi connectivity index (χ0v) is 11.9. The maximum absolute atomic E-state index is 12.4. The second-order valence-electron chi connectivity index (χ2n) is 5.17. The molecular weight excluding hydrogens is 238 g/mol. The summed E-state index contributed by atoms with van der Waals surface area (Å²) < 4.78 is 0. The van der Waals surface area contributed by atoms with E-state index in [9.17, 15) is 4.79 Å². The van der Waals surface area contributed by atoms with Crippen molar-refractivity contribution in [1.82, 2.24) is 9.88 Å². The number of carbonyl (C=O) groups excluding carboxylic acids is 1. The summed E-state index contributed by atoms with van der Waals surface area (Å²) in [5, 5.41) is 3.22. The Kier molecular flexibility index (Phi) is 4.77. The van der Waals surface area contributed by atoms with Crippen molar-refractivity contribution in [2.45, 2.75) is 33.1 Å². The molecule has 0 saturated carbocycles. The predicted octanol–water partition coefficient (Wildman–Crippen LogP) is 2.78. The van der Waals surface area contributed by atoms with E-state index in [0.717, 1.165) is 50.3 Å². The summed E-state index contributed by atoms with van der Waals surface area (Å²) in [5.74, 6) is 1.60. The minimum Gasteiger partial charge on any atom is -0.370 e. The molecule has 4 nitrogen and oxygen atoms in total. The first-order valence-corrected chi connectivity index (χ1v) is 7.23. The van der Waals surface area contributed by atoms with Crippen LogP contribution < -0.4 is 5.32 Å². The SMILES string of the molecule is CCCNc1cc(C(=O)N2CCC(CC)C2)ccn1. The monoisotopic (exact) mass is 261 g/mol. The molecule has 0 spiro atoms. The Balaban J connectivity index is 2.02. The number of pyridine rings is 1. The van der Waals surface area contributed by atoms with Gasteiger partial charge in [-0.15, -0.1) is 0 Å². The van der Waals surface area contributed by atoms with Gasteiger partial charge in [0.05, 0.1) is 0 Å². The Morgan fingerprint density at radius 2 is 2.37 bits per heavy atom. The third-order valence-electron chi connectivity index (χ3n) is 3.71. The maximum atomic E-state index is 12.4. The Labute approximate surface area is 115 Å². The predicted molar refractivity (Wildman–Crippen MR) is 77.3 cm³/mol. The van der Waals surface area contributed by atoms with E-state index in [1.807, 2.05) is 11.0 Å². The highest BCUT2D eigenvalue weighted by Crippen LogP contribution is 2.21. The van der Waals surface area contributed by atoms with E-state index in [0.29, 0.717) is 5.92 Å². The van der Waals surface area contributed by atoms with Crippen molar-refractivity contribution in [2.75, 3.05) is 25.0 Å². The summed E-state index contributed by atoms with van der Waals surface area (Å²) in [6.07, 6.45) is 5.04. The van der Waals surface area contributed by atoms with E-state index in [1.54, 1.807) is 12.3 Å². The number of carbonyl (C=O) groups is 1. The number of nitrogens with zero attached hydrogens (tertiary/aromatic N) is 2. The van der Waals surface area contributed by atoms with Gasteiger partial charge in [-0.2, -0.15) is 0 Å². The first kappa shape index (κ1) is 13.8. The van der Waals surface area contributed by atoms with Gasteiger partial charge in [0.15, 0.2) is 0 Å². The van der Waals surface area contributed by atoms with Crippen molar-refractivity contribution >= 4 is 11.7 Å². The van der Waals surface area contributed by atoms with Gasteiger partial charge >= 0.3 is 0 Å². The van der Waals surface area contributed by atoms with E-state index in [2.05, 4.69) is 24.1 Å². The molecule has 0 aromatic carbocycles. The number of aromatic nitrogens is 1. The van der Waals surface area contributed by atoms with Gasteiger partial charge in [0.25, 0.3) is 5.91 Å². The van der Waals surface area contributed by atoms with Gasteiger partial charge in [-0.25, -0.2) is 4.98 Å². The van der Waals surface area contributed by atoms with E-state index in [-0.39, 0.29) is 5.91 Å². The quantitative estimate of drug-likeness (QED) is 0.886. The molecule has 1 aliphatic rings. The fourth-order valence-corrected chi connectivity index (χ4v) is 2.45. The summed E-state index contributed by atoms with van der Waals surface area (Å²) in [7, 11) is 0. The van der Waals surface area contributed by atoms with Crippen molar-refractivity contribution in [2.24, 2.45) is 5.92 Å². The van der Waals surface area contributed by atoms with Gasteiger partial charge in [0.1, 0.15) is 5.82 Å². The average Bonchev–Trinajstić information content (AvgIpc) is 2.93. The van der Waals surface area contributed by atoms with E-state index >= 15 is 0 Å². The van der Waals surface area contributed by atoms with Gasteiger partial charge in [-0.1, -0.05) is 20.3 Å². The highest BCUT2D eigenvalue weighted by atomic mass is 16.2. The topological polar surface area (TPSA) is 45.2 Å². The summed E-state index contributed by atoms with van der Waals surface area (Å²) >= 11 is 0. The lowest BCUT2D eigenvalue weighted by Gasteiger charge is -2.16. The van der Waals surface area contributed by atoms with Crippen LogP contribution in [0.1, 0.15) is 43.5 Å². The Morgan fingerprint density at radius 3 is 3.05 bits per heavy atom. The molecule has 1 amide bonds. The van der Waals surface area contributed by atoms with Gasteiger partial charge in [0, 0.05) is 31.4 Å². The third kappa shape index (κ3) is 3.46. The summed E-state index contributed by atoms with van der Waals surface area (Å²) in [5.41, 5.74) is 0.741. The zero-order chi connectivity index (χ0) is 13.7. The lowest BCUT2D eigenvalue weighted by Crippen LogP contribution is -2.28. The lowest BCUT2D eigenvalue weighted by atomic mass is 10.1. The molecule has 1 aliphatic heterocycles. The molecule has 1 fully saturated rings. The third-order valence-corrected chi connectivity index (χ3v) is 3.71. The number of hydrogen-bond donors (Lipinski definition) is 1. The fourth-order valence-electron chi connectivity index (χ4n) is 2.45. The minimum absolute atomic E-state index is 0.137. The molecule has 19 heavy (non-hydrogen) atoms. The lowest BCUT2D eigenvalue weighted by molar-refractivity contribution is 0.0787. The number of rotatable bonds is 5. The largest absolute Gasteiger partial charge is 0.370 e. The first-order chi connectivity index (χ1) is 9.24. The molecule has 2 rings (SSSR count). The standard InChI is InChI=1S/C15H23N3O/c1-3-7-16-14-10-13(5-8-17-14)15(19)18-9-6-12(4-2)11-18/h5,8,10,12H,3-4,6-7,9,11H2,1-2H3,(H,16,17). The van der Waals surface area contributed by atoms with Crippen molar-refractivity contribution in [3.8, 4) is 0 Å². The molecule has 4 heteroatoms. The first-order valence-electron chi connectivity index (χ1n) is 7.23. The Morgan fingerprint density at radius 1 is 1.53 bits per heavy atom. The van der Waals surface area contributed by atoms with Crippen LogP contribution in [0.25, 0.3) is 0 Å². The van der Waals surface area contributed by atoms with Crippen LogP contribution in [-0.4, -0.2) is 35.4 Å². The molecule has 1 N–H and O–H groups in total. The minimum atomic E-state index is 0.137. The van der Waals surface area contributed by atoms with Crippen molar-refractivity contribution in [3.63, 3.8) is 0 Å². The molecule has 1 saturated heterocycles. The summed E-state index contributed by atoms with van der Waals surface area (Å²) in [4.78, 5) is 18.6. The molecule has 1 aromatic rings. The van der Waals surface area contributed by atoms with Crippen LogP contribution in [0.3, 0.4) is 0 Å². The smallest absolute Gasteiger partial charge is 0.254 e. The highest BCUT2D eigenvalue weighted by molar-refractivity contribution is 5.95. The molecule has 2 heterocycles. The molecule has 1 unspecified atom stereocenters. The molecule has 0 bridgehead atoms. The van der Waals surface area contributed by atoms with Crippen LogP contribution in [-0.2, 0) is 0 Å². The van der Waals surface area contributed by atoms with Gasteiger partial charge in [0.2, 0.25) is 0 Å². The zero-order valence-electron chi connectivity index (χ0n) is 11.9. The van der Waals surface area contributed by atoms with E-state index in [1.165, 1.54) is 0 Å². The van der Waals surface area contributed by atoms with Gasteiger partial charge < -0.3 is 10.2 Å². The van der Waals surface area contributed by atoms with Crippen LogP contribution in [0.15, 0.2) is 18.3 Å². The van der Waals surface area contributed by atoms with Crippen molar-refractivity contribution < 1.29 is 4.79 Å². The normalized spacial score (nSPS) is 18.6. The second kappa shape index (κ2) is 6.55. The van der Waals surface area contributed by atoms with Crippen LogP contribution in [0.5, 0.6) is 0 Å². The summed E-state index contributed by atoms with van der Waals surface area (Å²) in [6, 6.07) is 3.66. The van der Waals surface area contributed by atoms with Crippen molar-refractivity contribution in [1.29, 1.82) is 0 Å². The van der Waals surface area contributed by atoms with Crippen LogP contribution in [0.4, 0.5) is 5.82 Å². The highest BCUT2D eigenvalue weighted by Gasteiger charge is 2.25. The molecule has 1 atom stereocenters. The molecule has 0 aliphatic carbocycles. The Bertz CT molecular complexity index is 433. The maximum Gasteiger partial charge on any atom is 0.254 e. The van der Waals surface area contributed by atoms with Crippen LogP contribution in [0.2, 0.25) is 0 Å². The van der Waals surface area contributed by atoms with Crippen molar-refractivity contribution in [3.05, 3.63) is 23.9 Å². The molecule has 1 aromatic heterocycles. The van der Waals surface area contributed by atoms with Crippen LogP contribution in [0, 0.1) is 5.92 Å². The summed E-state index contributed by atoms with van der Waals surface area (Å²) in [6.45, 7) is 6.97. The van der Waals surface area contributed by atoms with E-state index in [4.69, 9.17) is 0 Å². The average molecular weight is 261 g/mol. The van der Waals surface area contributed by atoms with Gasteiger partial charge in [-0.3, -0.25) is 4.79 Å². The number of hydrogen-bond acceptors (Lipinski definition) is 3. The second-order valence-corrected chi connectivity index (χ2v) is 5.17. The fraction of sp³-hybridized carbons (Fsp3) is 0.600. The van der Waals surface area contributed by atoms with Gasteiger partial charge in [-0.05, 0) is 30.9 Å². The van der Waals surface area contributed by atoms with E-state index < -0.39 is 0 Å². The molecule has 0 radical (unpaired) electrons. The molecular formula is C15H23N3O.